The molecule has 1 heteroatoms. The first-order valence-corrected chi connectivity index (χ1v) is 5.47. The maximum Gasteiger partial charge on any atom is 0.133 e. The molecule has 0 heterocycles. The number of rotatable bonds is 4. The summed E-state index contributed by atoms with van der Waals surface area (Å²) in [4.78, 5) is 11.4. The highest BCUT2D eigenvalue weighted by Crippen LogP contribution is 2.24. The largest absolute Gasteiger partial charge is 0.300 e. The van der Waals surface area contributed by atoms with Crippen LogP contribution in [0.5, 0.6) is 0 Å². The Kier molecular flexibility index (Phi) is 4.12. The van der Waals surface area contributed by atoms with E-state index in [1.165, 1.54) is 5.57 Å². The minimum absolute atomic E-state index is 0.198. The fraction of sp³-hybridized carbons (Fsp3) is 0.615. The topological polar surface area (TPSA) is 17.1 Å². The fourth-order valence-corrected chi connectivity index (χ4v) is 1.92. The van der Waals surface area contributed by atoms with Crippen molar-refractivity contribution in [1.29, 1.82) is 0 Å². The third kappa shape index (κ3) is 3.13. The molecule has 0 saturated heterocycles. The molecule has 1 unspecified atom stereocenters. The van der Waals surface area contributed by atoms with E-state index in [0.717, 1.165) is 19.3 Å². The number of Topliss-reactive ketones (excluding diaryl/α,β-unsaturated/α-hetero) is 1. The molecule has 1 aliphatic carbocycles. The molecule has 1 aliphatic rings. The van der Waals surface area contributed by atoms with Crippen molar-refractivity contribution in [3.05, 3.63) is 23.8 Å². The van der Waals surface area contributed by atoms with E-state index in [9.17, 15) is 4.79 Å². The van der Waals surface area contributed by atoms with Gasteiger partial charge in [0.15, 0.2) is 0 Å². The van der Waals surface area contributed by atoms with Crippen molar-refractivity contribution in [2.45, 2.75) is 40.0 Å². The van der Waals surface area contributed by atoms with Gasteiger partial charge in [0.25, 0.3) is 0 Å². The maximum atomic E-state index is 11.4. The highest BCUT2D eigenvalue weighted by Gasteiger charge is 2.19. The highest BCUT2D eigenvalue weighted by molar-refractivity contribution is 5.78. The van der Waals surface area contributed by atoms with Crippen molar-refractivity contribution < 1.29 is 4.79 Å². The second-order valence-corrected chi connectivity index (χ2v) is 4.42. The Morgan fingerprint density at radius 2 is 2.14 bits per heavy atom. The number of ketones is 1. The van der Waals surface area contributed by atoms with Crippen molar-refractivity contribution in [3.8, 4) is 0 Å². The van der Waals surface area contributed by atoms with Crippen LogP contribution in [0.3, 0.4) is 0 Å². The van der Waals surface area contributed by atoms with E-state index >= 15 is 0 Å². The Labute approximate surface area is 86.9 Å². The molecule has 0 fully saturated rings. The summed E-state index contributed by atoms with van der Waals surface area (Å²) in [5.41, 5.74) is 1.34. The van der Waals surface area contributed by atoms with Crippen molar-refractivity contribution in [2.24, 2.45) is 11.8 Å². The van der Waals surface area contributed by atoms with E-state index in [1.54, 1.807) is 6.92 Å². The van der Waals surface area contributed by atoms with Crippen molar-refractivity contribution in [3.63, 3.8) is 0 Å². The molecular formula is C13H20O. The van der Waals surface area contributed by atoms with Gasteiger partial charge in [-0.1, -0.05) is 37.6 Å². The summed E-state index contributed by atoms with van der Waals surface area (Å²) in [5, 5.41) is 0. The van der Waals surface area contributed by atoms with Gasteiger partial charge in [0, 0.05) is 5.92 Å². The van der Waals surface area contributed by atoms with Gasteiger partial charge >= 0.3 is 0 Å². The monoisotopic (exact) mass is 192 g/mol. The van der Waals surface area contributed by atoms with Crippen molar-refractivity contribution in [1.82, 2.24) is 0 Å². The first-order valence-electron chi connectivity index (χ1n) is 5.47. The molecule has 78 valence electrons. The van der Waals surface area contributed by atoms with Crippen LogP contribution in [0.2, 0.25) is 0 Å². The fourth-order valence-electron chi connectivity index (χ4n) is 1.92. The van der Waals surface area contributed by atoms with Crippen LogP contribution in [-0.4, -0.2) is 5.78 Å². The standard InChI is InChI=1S/C13H20O/c1-10(2)13(11(3)14)9-12-7-5-4-6-8-12/h5,7-8,10,13H,4,6,9H2,1-3H3. The van der Waals surface area contributed by atoms with Crippen LogP contribution >= 0.6 is 0 Å². The molecule has 0 aromatic carbocycles. The number of carbonyl (C=O) groups is 1. The molecule has 0 spiro atoms. The quantitative estimate of drug-likeness (QED) is 0.666. The normalized spacial score (nSPS) is 18.1. The number of hydrogen-bond acceptors (Lipinski definition) is 1. The SMILES string of the molecule is CC(=O)C(CC1=CCCC=C1)C(C)C. The van der Waals surface area contributed by atoms with Gasteiger partial charge in [-0.3, -0.25) is 4.79 Å². The number of carbonyl (C=O) groups excluding carboxylic acids is 1. The summed E-state index contributed by atoms with van der Waals surface area (Å²) in [5.74, 6) is 0.965. The van der Waals surface area contributed by atoms with Crippen molar-refractivity contribution in [2.75, 3.05) is 0 Å². The summed E-state index contributed by atoms with van der Waals surface area (Å²) in [6.45, 7) is 5.95. The zero-order valence-electron chi connectivity index (χ0n) is 9.42. The molecule has 0 aromatic heterocycles. The van der Waals surface area contributed by atoms with E-state index in [0.29, 0.717) is 11.7 Å². The van der Waals surface area contributed by atoms with Crippen molar-refractivity contribution >= 4 is 5.78 Å². The molecule has 0 bridgehead atoms. The Hall–Kier alpha value is -0.850. The molecule has 0 aromatic rings. The molecule has 0 amide bonds. The summed E-state index contributed by atoms with van der Waals surface area (Å²) in [6, 6.07) is 0. The second-order valence-electron chi connectivity index (χ2n) is 4.42. The zero-order valence-corrected chi connectivity index (χ0v) is 9.42. The third-order valence-electron chi connectivity index (χ3n) is 2.85. The van der Waals surface area contributed by atoms with Crippen LogP contribution < -0.4 is 0 Å². The minimum Gasteiger partial charge on any atom is -0.300 e. The minimum atomic E-state index is 0.198. The van der Waals surface area contributed by atoms with E-state index in [-0.39, 0.29) is 5.92 Å². The molecular weight excluding hydrogens is 172 g/mol. The summed E-state index contributed by atoms with van der Waals surface area (Å²) < 4.78 is 0. The zero-order chi connectivity index (χ0) is 10.6. The lowest BCUT2D eigenvalue weighted by atomic mass is 9.85. The molecule has 1 atom stereocenters. The second kappa shape index (κ2) is 5.14. The van der Waals surface area contributed by atoms with E-state index in [4.69, 9.17) is 0 Å². The first kappa shape index (κ1) is 11.2. The lowest BCUT2D eigenvalue weighted by Crippen LogP contribution is -2.18. The molecule has 0 radical (unpaired) electrons. The summed E-state index contributed by atoms with van der Waals surface area (Å²) in [7, 11) is 0. The Morgan fingerprint density at radius 3 is 2.57 bits per heavy atom. The Balaban J connectivity index is 2.59. The summed E-state index contributed by atoms with van der Waals surface area (Å²) >= 11 is 0. The first-order chi connectivity index (χ1) is 6.61. The van der Waals surface area contributed by atoms with Gasteiger partial charge in [-0.2, -0.15) is 0 Å². The smallest absolute Gasteiger partial charge is 0.133 e. The lowest BCUT2D eigenvalue weighted by molar-refractivity contribution is -0.121. The molecule has 1 nitrogen and oxygen atoms in total. The average molecular weight is 192 g/mol. The van der Waals surface area contributed by atoms with Gasteiger partial charge < -0.3 is 0 Å². The molecule has 1 rings (SSSR count). The van der Waals surface area contributed by atoms with Crippen LogP contribution in [0.15, 0.2) is 23.8 Å². The molecule has 0 saturated carbocycles. The Morgan fingerprint density at radius 1 is 1.43 bits per heavy atom. The van der Waals surface area contributed by atoms with Crippen LogP contribution in [-0.2, 0) is 4.79 Å². The average Bonchev–Trinajstić information content (AvgIpc) is 2.15. The van der Waals surface area contributed by atoms with E-state index in [1.807, 2.05) is 0 Å². The Bertz CT molecular complexity index is 258. The van der Waals surface area contributed by atoms with Gasteiger partial charge in [-0.25, -0.2) is 0 Å². The highest BCUT2D eigenvalue weighted by atomic mass is 16.1. The lowest BCUT2D eigenvalue weighted by Gasteiger charge is -2.19. The van der Waals surface area contributed by atoms with Gasteiger partial charge in [-0.05, 0) is 32.1 Å². The van der Waals surface area contributed by atoms with Gasteiger partial charge in [0.1, 0.15) is 5.78 Å². The van der Waals surface area contributed by atoms with Gasteiger partial charge in [0.2, 0.25) is 0 Å². The predicted molar refractivity (Wildman–Crippen MR) is 60.1 cm³/mol. The predicted octanol–water partition coefficient (Wildman–Crippen LogP) is 3.51. The van der Waals surface area contributed by atoms with E-state index in [2.05, 4.69) is 32.1 Å². The van der Waals surface area contributed by atoms with Crippen LogP contribution in [0.4, 0.5) is 0 Å². The van der Waals surface area contributed by atoms with Crippen LogP contribution in [0.1, 0.15) is 40.0 Å². The van der Waals surface area contributed by atoms with Crippen LogP contribution in [0, 0.1) is 11.8 Å². The number of allylic oxidation sites excluding steroid dienone is 4. The van der Waals surface area contributed by atoms with Gasteiger partial charge in [-0.15, -0.1) is 0 Å². The van der Waals surface area contributed by atoms with Gasteiger partial charge in [0.05, 0.1) is 0 Å². The van der Waals surface area contributed by atoms with Crippen LogP contribution in [0.25, 0.3) is 0 Å². The third-order valence-corrected chi connectivity index (χ3v) is 2.85. The molecule has 0 N–H and O–H groups in total. The molecule has 14 heavy (non-hydrogen) atoms. The van der Waals surface area contributed by atoms with E-state index < -0.39 is 0 Å². The maximum absolute atomic E-state index is 11.4. The number of hydrogen-bond donors (Lipinski definition) is 0. The summed E-state index contributed by atoms with van der Waals surface area (Å²) in [6.07, 6.45) is 9.83. The molecule has 0 aliphatic heterocycles.